The molecule has 8 heteroatoms. The predicted octanol–water partition coefficient (Wildman–Crippen LogP) is -0.272. The van der Waals surface area contributed by atoms with Crippen molar-refractivity contribution < 1.29 is 26.9 Å². The maximum absolute atomic E-state index is 11.9. The lowest BCUT2D eigenvalue weighted by Gasteiger charge is -2.36. The number of carbonyl (C=O) groups is 2. The average molecular weight is 315 g/mol. The SMILES string of the molecule is C=CC(=O)NCC(=O)OC1(C)C2CC3C1OS(=O)(=O)C3C2. The zero-order valence-corrected chi connectivity index (χ0v) is 12.4. The highest BCUT2D eigenvalue weighted by molar-refractivity contribution is 7.87. The van der Waals surface area contributed by atoms with Crippen molar-refractivity contribution in [1.82, 2.24) is 5.32 Å². The highest BCUT2D eigenvalue weighted by Gasteiger charge is 2.70. The third kappa shape index (κ3) is 2.08. The number of carbonyl (C=O) groups excluding carboxylic acids is 2. The number of ether oxygens (including phenoxy) is 1. The predicted molar refractivity (Wildman–Crippen MR) is 71.5 cm³/mol. The van der Waals surface area contributed by atoms with Gasteiger partial charge >= 0.3 is 5.97 Å². The summed E-state index contributed by atoms with van der Waals surface area (Å²) in [6, 6.07) is 0. The molecule has 1 amide bonds. The molecule has 0 spiro atoms. The largest absolute Gasteiger partial charge is 0.455 e. The van der Waals surface area contributed by atoms with Crippen LogP contribution in [0.25, 0.3) is 0 Å². The first-order chi connectivity index (χ1) is 9.78. The standard InChI is InChI=1S/C13H17NO6S/c1-3-10(15)14-6-11(16)19-13(2)7-4-8-9(5-7)21(17,18)20-12(8)13/h3,7-9,12H,1,4-6H2,2H3,(H,14,15). The van der Waals surface area contributed by atoms with Crippen LogP contribution in [0.4, 0.5) is 0 Å². The first kappa shape index (κ1) is 14.5. The summed E-state index contributed by atoms with van der Waals surface area (Å²) >= 11 is 0. The fourth-order valence-corrected chi connectivity index (χ4v) is 5.76. The lowest BCUT2D eigenvalue weighted by molar-refractivity contribution is -0.172. The fraction of sp³-hybridized carbons (Fsp3) is 0.692. The molecule has 2 saturated carbocycles. The Morgan fingerprint density at radius 2 is 2.19 bits per heavy atom. The van der Waals surface area contributed by atoms with Gasteiger partial charge in [0.15, 0.2) is 0 Å². The molecule has 0 radical (unpaired) electrons. The quantitative estimate of drug-likeness (QED) is 0.435. The molecule has 7 nitrogen and oxygen atoms in total. The maximum Gasteiger partial charge on any atom is 0.326 e. The Morgan fingerprint density at radius 3 is 2.86 bits per heavy atom. The second-order valence-electron chi connectivity index (χ2n) is 5.96. The molecular weight excluding hydrogens is 298 g/mol. The number of amides is 1. The number of rotatable bonds is 4. The van der Waals surface area contributed by atoms with E-state index in [0.29, 0.717) is 12.8 Å². The van der Waals surface area contributed by atoms with E-state index in [9.17, 15) is 18.0 Å². The van der Waals surface area contributed by atoms with Crippen molar-refractivity contribution in [2.45, 2.75) is 36.7 Å². The highest BCUT2D eigenvalue weighted by Crippen LogP contribution is 2.60. The fourth-order valence-electron chi connectivity index (χ4n) is 3.84. The Hall–Kier alpha value is -1.41. The zero-order chi connectivity index (χ0) is 15.4. The topological polar surface area (TPSA) is 98.8 Å². The van der Waals surface area contributed by atoms with E-state index < -0.39 is 38.9 Å². The summed E-state index contributed by atoms with van der Waals surface area (Å²) in [6.07, 6.45) is 1.61. The number of fused-ring (bicyclic) bond motifs is 1. The van der Waals surface area contributed by atoms with Crippen molar-refractivity contribution in [1.29, 1.82) is 0 Å². The van der Waals surface area contributed by atoms with E-state index in [1.807, 2.05) is 0 Å². The molecular formula is C13H17NO6S. The Balaban J connectivity index is 1.70. The van der Waals surface area contributed by atoms with Crippen LogP contribution in [-0.2, 0) is 28.6 Å². The van der Waals surface area contributed by atoms with Gasteiger partial charge in [0.25, 0.3) is 10.1 Å². The molecule has 0 aromatic rings. The van der Waals surface area contributed by atoms with Crippen LogP contribution >= 0.6 is 0 Å². The van der Waals surface area contributed by atoms with Crippen LogP contribution in [-0.4, -0.2) is 43.8 Å². The summed E-state index contributed by atoms with van der Waals surface area (Å²) in [4.78, 5) is 22.9. The van der Waals surface area contributed by atoms with Crippen LogP contribution in [0.15, 0.2) is 12.7 Å². The maximum atomic E-state index is 11.9. The van der Waals surface area contributed by atoms with Gasteiger partial charge in [-0.15, -0.1) is 0 Å². The van der Waals surface area contributed by atoms with E-state index in [0.717, 1.165) is 6.08 Å². The Labute approximate surface area is 122 Å². The van der Waals surface area contributed by atoms with E-state index in [4.69, 9.17) is 8.92 Å². The average Bonchev–Trinajstić information content (AvgIpc) is 3.01. The molecule has 3 aliphatic rings. The second kappa shape index (κ2) is 4.54. The van der Waals surface area contributed by atoms with Crippen LogP contribution in [0.5, 0.6) is 0 Å². The van der Waals surface area contributed by atoms with Crippen molar-refractivity contribution in [2.24, 2.45) is 11.8 Å². The van der Waals surface area contributed by atoms with Crippen LogP contribution < -0.4 is 5.32 Å². The minimum atomic E-state index is -3.54. The Morgan fingerprint density at radius 1 is 1.48 bits per heavy atom. The van der Waals surface area contributed by atoms with Gasteiger partial charge in [-0.3, -0.25) is 13.8 Å². The molecule has 1 heterocycles. The number of esters is 1. The molecule has 1 N–H and O–H groups in total. The molecule has 0 aromatic carbocycles. The van der Waals surface area contributed by atoms with Gasteiger partial charge < -0.3 is 10.1 Å². The molecule has 1 saturated heterocycles. The van der Waals surface area contributed by atoms with Gasteiger partial charge in [0, 0.05) is 11.8 Å². The van der Waals surface area contributed by atoms with Crippen molar-refractivity contribution in [3.05, 3.63) is 12.7 Å². The second-order valence-corrected chi connectivity index (χ2v) is 7.74. The smallest absolute Gasteiger partial charge is 0.326 e. The summed E-state index contributed by atoms with van der Waals surface area (Å²) in [7, 11) is -3.54. The molecule has 1 aliphatic heterocycles. The highest BCUT2D eigenvalue weighted by atomic mass is 32.2. The lowest BCUT2D eigenvalue weighted by atomic mass is 9.83. The summed E-state index contributed by atoms with van der Waals surface area (Å²) in [6.45, 7) is 4.72. The molecule has 21 heavy (non-hydrogen) atoms. The lowest BCUT2D eigenvalue weighted by Crippen LogP contribution is -2.49. The summed E-state index contributed by atoms with van der Waals surface area (Å²) in [5.41, 5.74) is -0.944. The molecule has 0 aromatic heterocycles. The summed E-state index contributed by atoms with van der Waals surface area (Å²) in [5.74, 6) is -1.19. The third-order valence-electron chi connectivity index (χ3n) is 4.85. The van der Waals surface area contributed by atoms with E-state index in [1.165, 1.54) is 0 Å². The molecule has 2 aliphatic carbocycles. The van der Waals surface area contributed by atoms with Gasteiger partial charge in [-0.25, -0.2) is 0 Å². The molecule has 116 valence electrons. The number of hydrogen-bond acceptors (Lipinski definition) is 6. The summed E-state index contributed by atoms with van der Waals surface area (Å²) < 4.78 is 34.4. The van der Waals surface area contributed by atoms with Crippen LogP contribution in [0.1, 0.15) is 19.8 Å². The van der Waals surface area contributed by atoms with Gasteiger partial charge in [-0.05, 0) is 25.8 Å². The molecule has 3 rings (SSSR count). The zero-order valence-electron chi connectivity index (χ0n) is 11.6. The van der Waals surface area contributed by atoms with E-state index in [2.05, 4.69) is 11.9 Å². The van der Waals surface area contributed by atoms with Crippen LogP contribution in [0, 0.1) is 11.8 Å². The Bertz CT molecular complexity index is 614. The van der Waals surface area contributed by atoms with E-state index >= 15 is 0 Å². The monoisotopic (exact) mass is 315 g/mol. The minimum absolute atomic E-state index is 0.0196. The normalized spacial score (nSPS) is 41.8. The molecule has 5 unspecified atom stereocenters. The Kier molecular flexibility index (Phi) is 3.14. The minimum Gasteiger partial charge on any atom is -0.455 e. The summed E-state index contributed by atoms with van der Waals surface area (Å²) in [5, 5.41) is 1.88. The van der Waals surface area contributed by atoms with Gasteiger partial charge in [-0.2, -0.15) is 8.42 Å². The number of nitrogens with one attached hydrogen (secondary N) is 1. The van der Waals surface area contributed by atoms with Crippen LogP contribution in [0.2, 0.25) is 0 Å². The van der Waals surface area contributed by atoms with E-state index in [1.54, 1.807) is 6.92 Å². The molecule has 5 atom stereocenters. The van der Waals surface area contributed by atoms with Crippen LogP contribution in [0.3, 0.4) is 0 Å². The molecule has 2 bridgehead atoms. The first-order valence-corrected chi connectivity index (χ1v) is 8.29. The third-order valence-corrected chi connectivity index (χ3v) is 6.61. The van der Waals surface area contributed by atoms with Gasteiger partial charge in [-0.1, -0.05) is 6.58 Å². The van der Waals surface area contributed by atoms with Gasteiger partial charge in [0.2, 0.25) is 5.91 Å². The van der Waals surface area contributed by atoms with E-state index in [-0.39, 0.29) is 18.4 Å². The van der Waals surface area contributed by atoms with Crippen molar-refractivity contribution in [3.63, 3.8) is 0 Å². The number of hydrogen-bond donors (Lipinski definition) is 1. The van der Waals surface area contributed by atoms with Gasteiger partial charge in [0.1, 0.15) is 18.2 Å². The molecule has 3 fully saturated rings. The van der Waals surface area contributed by atoms with Gasteiger partial charge in [0.05, 0.1) is 5.25 Å². The van der Waals surface area contributed by atoms with Crippen molar-refractivity contribution >= 4 is 22.0 Å². The van der Waals surface area contributed by atoms with Crippen molar-refractivity contribution in [3.8, 4) is 0 Å². The first-order valence-electron chi connectivity index (χ1n) is 6.82. The van der Waals surface area contributed by atoms with Crippen molar-refractivity contribution in [2.75, 3.05) is 6.54 Å².